The molecule has 2 N–H and O–H groups in total. The van der Waals surface area contributed by atoms with E-state index in [-0.39, 0.29) is 5.91 Å². The Morgan fingerprint density at radius 3 is 2.09 bits per heavy atom. The van der Waals surface area contributed by atoms with Crippen LogP contribution in [-0.2, 0) is 4.79 Å². The largest absolute Gasteiger partial charge is 0.496 e. The zero-order chi connectivity index (χ0) is 16.8. The van der Waals surface area contributed by atoms with Crippen LogP contribution in [0.2, 0.25) is 0 Å². The second-order valence-electron chi connectivity index (χ2n) is 5.70. The molecule has 1 aromatic rings. The maximum atomic E-state index is 11.9. The number of rotatable bonds is 8. The lowest BCUT2D eigenvalue weighted by Gasteiger charge is -2.25. The maximum Gasteiger partial charge on any atom is 0.241 e. The van der Waals surface area contributed by atoms with E-state index < -0.39 is 5.54 Å². The lowest BCUT2D eigenvalue weighted by atomic mass is 10.1. The predicted molar refractivity (Wildman–Crippen MR) is 85.6 cm³/mol. The molecule has 0 aromatic heterocycles. The molecule has 1 amide bonds. The summed E-state index contributed by atoms with van der Waals surface area (Å²) in [7, 11) is 4.92. The van der Waals surface area contributed by atoms with Crippen molar-refractivity contribution in [3.05, 3.63) is 18.2 Å². The van der Waals surface area contributed by atoms with E-state index in [0.717, 1.165) is 0 Å². The highest BCUT2D eigenvalue weighted by Gasteiger charge is 2.25. The van der Waals surface area contributed by atoms with Gasteiger partial charge in [-0.3, -0.25) is 4.79 Å². The molecule has 0 fully saturated rings. The summed E-state index contributed by atoms with van der Waals surface area (Å²) in [6.45, 7) is 4.47. The van der Waals surface area contributed by atoms with Gasteiger partial charge in [-0.2, -0.15) is 0 Å². The lowest BCUT2D eigenvalue weighted by molar-refractivity contribution is -0.134. The van der Waals surface area contributed by atoms with Crippen LogP contribution < -0.4 is 19.9 Å². The second-order valence-corrected chi connectivity index (χ2v) is 5.70. The molecule has 22 heavy (non-hydrogen) atoms. The Kier molecular flexibility index (Phi) is 6.49. The highest BCUT2D eigenvalue weighted by Crippen LogP contribution is 2.27. The van der Waals surface area contributed by atoms with E-state index >= 15 is 0 Å². The molecule has 0 spiro atoms. The smallest absolute Gasteiger partial charge is 0.241 e. The molecule has 0 saturated carbocycles. The first kappa shape index (κ1) is 18.1. The number of nitrogens with two attached hydrogens (primary N) is 1. The van der Waals surface area contributed by atoms with Crippen LogP contribution in [-0.4, -0.2) is 50.8 Å². The van der Waals surface area contributed by atoms with E-state index in [0.29, 0.717) is 36.8 Å². The van der Waals surface area contributed by atoms with Crippen molar-refractivity contribution in [2.75, 3.05) is 34.4 Å². The minimum Gasteiger partial charge on any atom is -0.496 e. The van der Waals surface area contributed by atoms with Gasteiger partial charge in [-0.05, 0) is 20.3 Å². The number of ether oxygens (including phenoxy) is 3. The fraction of sp³-hybridized carbons (Fsp3) is 0.562. The standard InChI is InChI=1S/C16H26N2O4/c1-16(2,17)15(19)18(3)7-6-8-22-14-10-12(20-4)9-13(11-14)21-5/h9-11H,6-8,17H2,1-5H3. The maximum absolute atomic E-state index is 11.9. The number of amides is 1. The number of hydrogen-bond donors (Lipinski definition) is 1. The Balaban J connectivity index is 2.46. The highest BCUT2D eigenvalue weighted by atomic mass is 16.5. The molecule has 124 valence electrons. The molecule has 0 saturated heterocycles. The van der Waals surface area contributed by atoms with Crippen molar-refractivity contribution < 1.29 is 19.0 Å². The van der Waals surface area contributed by atoms with E-state index in [2.05, 4.69) is 0 Å². The summed E-state index contributed by atoms with van der Waals surface area (Å²) in [4.78, 5) is 13.5. The van der Waals surface area contributed by atoms with Crippen LogP contribution in [0, 0.1) is 0 Å². The fourth-order valence-electron chi connectivity index (χ4n) is 1.95. The fourth-order valence-corrected chi connectivity index (χ4v) is 1.95. The van der Waals surface area contributed by atoms with Gasteiger partial charge in [-0.15, -0.1) is 0 Å². The normalized spacial score (nSPS) is 11.0. The summed E-state index contributed by atoms with van der Waals surface area (Å²) in [6, 6.07) is 5.36. The Labute approximate surface area is 132 Å². The monoisotopic (exact) mass is 310 g/mol. The molecular weight excluding hydrogens is 284 g/mol. The zero-order valence-corrected chi connectivity index (χ0v) is 14.0. The Morgan fingerprint density at radius 1 is 1.14 bits per heavy atom. The lowest BCUT2D eigenvalue weighted by Crippen LogP contribution is -2.50. The van der Waals surface area contributed by atoms with Gasteiger partial charge in [0.2, 0.25) is 5.91 Å². The molecule has 1 aromatic carbocycles. The third kappa shape index (κ3) is 5.44. The molecule has 6 nitrogen and oxygen atoms in total. The molecular formula is C16H26N2O4. The Morgan fingerprint density at radius 2 is 1.64 bits per heavy atom. The van der Waals surface area contributed by atoms with Gasteiger partial charge in [0.15, 0.2) is 0 Å². The van der Waals surface area contributed by atoms with Crippen LogP contribution >= 0.6 is 0 Å². The van der Waals surface area contributed by atoms with Crippen molar-refractivity contribution in [1.29, 1.82) is 0 Å². The molecule has 6 heteroatoms. The topological polar surface area (TPSA) is 74.0 Å². The van der Waals surface area contributed by atoms with Gasteiger partial charge in [0.05, 0.1) is 26.4 Å². The zero-order valence-electron chi connectivity index (χ0n) is 14.0. The molecule has 0 radical (unpaired) electrons. The molecule has 0 aliphatic rings. The van der Waals surface area contributed by atoms with Gasteiger partial charge in [-0.1, -0.05) is 0 Å². The highest BCUT2D eigenvalue weighted by molar-refractivity contribution is 5.84. The number of benzene rings is 1. The van der Waals surface area contributed by atoms with E-state index in [1.807, 2.05) is 0 Å². The molecule has 0 atom stereocenters. The minimum atomic E-state index is -0.851. The molecule has 0 bridgehead atoms. The van der Waals surface area contributed by atoms with E-state index in [1.165, 1.54) is 0 Å². The first-order valence-electron chi connectivity index (χ1n) is 7.18. The summed E-state index contributed by atoms with van der Waals surface area (Å²) in [5.74, 6) is 1.93. The molecule has 0 aliphatic carbocycles. The quantitative estimate of drug-likeness (QED) is 0.739. The predicted octanol–water partition coefficient (Wildman–Crippen LogP) is 1.67. The van der Waals surface area contributed by atoms with Crippen molar-refractivity contribution in [2.45, 2.75) is 25.8 Å². The number of hydrogen-bond acceptors (Lipinski definition) is 5. The van der Waals surface area contributed by atoms with Crippen LogP contribution in [0.25, 0.3) is 0 Å². The molecule has 0 unspecified atom stereocenters. The van der Waals surface area contributed by atoms with Crippen LogP contribution in [0.15, 0.2) is 18.2 Å². The van der Waals surface area contributed by atoms with Crippen molar-refractivity contribution in [1.82, 2.24) is 4.90 Å². The molecule has 1 rings (SSSR count). The summed E-state index contributed by atoms with van der Waals surface area (Å²) in [5, 5.41) is 0. The van der Waals surface area contributed by atoms with Crippen LogP contribution in [0.4, 0.5) is 0 Å². The van der Waals surface area contributed by atoms with Gasteiger partial charge in [0, 0.05) is 31.8 Å². The number of methoxy groups -OCH3 is 2. The number of carbonyl (C=O) groups is 1. The number of carbonyl (C=O) groups excluding carboxylic acids is 1. The number of likely N-dealkylation sites (N-methyl/N-ethyl adjacent to an activating group) is 1. The summed E-state index contributed by atoms with van der Waals surface area (Å²) in [6.07, 6.45) is 0.706. The van der Waals surface area contributed by atoms with E-state index in [9.17, 15) is 4.79 Å². The molecule has 0 heterocycles. The van der Waals surface area contributed by atoms with Gasteiger partial charge in [-0.25, -0.2) is 0 Å². The summed E-state index contributed by atoms with van der Waals surface area (Å²) < 4.78 is 16.0. The summed E-state index contributed by atoms with van der Waals surface area (Å²) in [5.41, 5.74) is 4.94. The second kappa shape index (κ2) is 7.89. The number of nitrogens with zero attached hydrogens (tertiary/aromatic N) is 1. The SMILES string of the molecule is COc1cc(OC)cc(OCCCN(C)C(=O)C(C)(C)N)c1. The van der Waals surface area contributed by atoms with Gasteiger partial charge in [0.1, 0.15) is 17.2 Å². The van der Waals surface area contributed by atoms with Gasteiger partial charge >= 0.3 is 0 Å². The van der Waals surface area contributed by atoms with Crippen LogP contribution in [0.1, 0.15) is 20.3 Å². The van der Waals surface area contributed by atoms with Crippen molar-refractivity contribution in [3.63, 3.8) is 0 Å². The van der Waals surface area contributed by atoms with Crippen molar-refractivity contribution in [2.24, 2.45) is 5.73 Å². The average Bonchev–Trinajstić information content (AvgIpc) is 2.49. The first-order valence-corrected chi connectivity index (χ1v) is 7.18. The summed E-state index contributed by atoms with van der Waals surface area (Å²) >= 11 is 0. The third-order valence-corrected chi connectivity index (χ3v) is 3.13. The molecule has 0 aliphatic heterocycles. The van der Waals surface area contributed by atoms with E-state index in [4.69, 9.17) is 19.9 Å². The first-order chi connectivity index (χ1) is 10.3. The van der Waals surface area contributed by atoms with Crippen molar-refractivity contribution in [3.8, 4) is 17.2 Å². The van der Waals surface area contributed by atoms with Gasteiger partial charge < -0.3 is 24.8 Å². The third-order valence-electron chi connectivity index (χ3n) is 3.13. The minimum absolute atomic E-state index is 0.0875. The average molecular weight is 310 g/mol. The Hall–Kier alpha value is -1.95. The van der Waals surface area contributed by atoms with Crippen LogP contribution in [0.3, 0.4) is 0 Å². The van der Waals surface area contributed by atoms with Crippen LogP contribution in [0.5, 0.6) is 17.2 Å². The van der Waals surface area contributed by atoms with E-state index in [1.54, 1.807) is 58.2 Å². The van der Waals surface area contributed by atoms with Crippen molar-refractivity contribution >= 4 is 5.91 Å². The Bertz CT molecular complexity index is 475. The van der Waals surface area contributed by atoms with Gasteiger partial charge in [0.25, 0.3) is 0 Å².